The number of methoxy groups -OCH3 is 2. The molecule has 0 amide bonds. The molecule has 0 bridgehead atoms. The second-order valence-corrected chi connectivity index (χ2v) is 4.50. The number of likely N-dealkylation sites (N-methyl/N-ethyl adjacent to an activating group) is 1. The number of ether oxygens (including phenoxy) is 2. The van der Waals surface area contributed by atoms with Crippen molar-refractivity contribution in [1.29, 1.82) is 0 Å². The van der Waals surface area contributed by atoms with Crippen LogP contribution in [0, 0.1) is 0 Å². The van der Waals surface area contributed by atoms with E-state index in [-0.39, 0.29) is 0 Å². The van der Waals surface area contributed by atoms with Crippen molar-refractivity contribution >= 4 is 5.97 Å². The van der Waals surface area contributed by atoms with E-state index in [0.29, 0.717) is 26.3 Å². The molecular formula is C12H26N2O4. The lowest BCUT2D eigenvalue weighted by atomic mass is 10.0. The summed E-state index contributed by atoms with van der Waals surface area (Å²) in [5.41, 5.74) is -0.944. The first kappa shape index (κ1) is 17.3. The minimum Gasteiger partial charge on any atom is -0.480 e. The summed E-state index contributed by atoms with van der Waals surface area (Å²) < 4.78 is 10.1. The van der Waals surface area contributed by atoms with Gasteiger partial charge in [0.05, 0.1) is 6.61 Å². The molecule has 0 aliphatic rings. The number of hydrogen-bond donors (Lipinski definition) is 2. The number of aliphatic carboxylic acids is 1. The molecule has 108 valence electrons. The first-order valence-electron chi connectivity index (χ1n) is 6.12. The zero-order valence-corrected chi connectivity index (χ0v) is 11.9. The van der Waals surface area contributed by atoms with Crippen LogP contribution in [-0.4, -0.2) is 75.6 Å². The molecule has 0 heterocycles. The molecule has 0 spiro atoms. The van der Waals surface area contributed by atoms with Gasteiger partial charge in [-0.25, -0.2) is 0 Å². The van der Waals surface area contributed by atoms with Gasteiger partial charge >= 0.3 is 5.97 Å². The van der Waals surface area contributed by atoms with Gasteiger partial charge in [0, 0.05) is 40.5 Å². The topological polar surface area (TPSA) is 71.0 Å². The monoisotopic (exact) mass is 262 g/mol. The Bertz CT molecular complexity index is 238. The van der Waals surface area contributed by atoms with Gasteiger partial charge in [-0.2, -0.15) is 0 Å². The Morgan fingerprint density at radius 2 is 1.89 bits per heavy atom. The Kier molecular flexibility index (Phi) is 8.91. The summed E-state index contributed by atoms with van der Waals surface area (Å²) in [6, 6.07) is 0. The summed E-state index contributed by atoms with van der Waals surface area (Å²) in [4.78, 5) is 13.3. The number of hydrogen-bond acceptors (Lipinski definition) is 5. The third-order valence-electron chi connectivity index (χ3n) is 3.00. The SMILES string of the molecule is CNC(C)(CN(CCCOC)CCOC)C(=O)O. The largest absolute Gasteiger partial charge is 0.480 e. The van der Waals surface area contributed by atoms with Gasteiger partial charge in [-0.3, -0.25) is 9.69 Å². The Hall–Kier alpha value is -0.690. The molecule has 1 unspecified atom stereocenters. The highest BCUT2D eigenvalue weighted by molar-refractivity contribution is 5.78. The van der Waals surface area contributed by atoms with Crippen molar-refractivity contribution in [1.82, 2.24) is 10.2 Å². The molecule has 0 rings (SSSR count). The fourth-order valence-corrected chi connectivity index (χ4v) is 1.62. The molecule has 18 heavy (non-hydrogen) atoms. The standard InChI is InChI=1S/C12H26N2O4/c1-12(13-2,11(15)16)10-14(7-9-18-4)6-5-8-17-3/h13H,5-10H2,1-4H3,(H,15,16). The van der Waals surface area contributed by atoms with Gasteiger partial charge in [-0.1, -0.05) is 0 Å². The molecule has 0 aromatic heterocycles. The average molecular weight is 262 g/mol. The van der Waals surface area contributed by atoms with Crippen LogP contribution >= 0.6 is 0 Å². The van der Waals surface area contributed by atoms with Crippen molar-refractivity contribution in [2.75, 3.05) is 54.1 Å². The van der Waals surface area contributed by atoms with Gasteiger partial charge in [-0.15, -0.1) is 0 Å². The van der Waals surface area contributed by atoms with Crippen molar-refractivity contribution < 1.29 is 19.4 Å². The average Bonchev–Trinajstić information content (AvgIpc) is 2.35. The third-order valence-corrected chi connectivity index (χ3v) is 3.00. The van der Waals surface area contributed by atoms with Crippen LogP contribution in [-0.2, 0) is 14.3 Å². The van der Waals surface area contributed by atoms with E-state index in [0.717, 1.165) is 13.0 Å². The quantitative estimate of drug-likeness (QED) is 0.512. The van der Waals surface area contributed by atoms with Crippen LogP contribution in [0.25, 0.3) is 0 Å². The third kappa shape index (κ3) is 6.30. The molecule has 0 aliphatic carbocycles. The summed E-state index contributed by atoms with van der Waals surface area (Å²) >= 11 is 0. The lowest BCUT2D eigenvalue weighted by Gasteiger charge is -2.32. The number of carboxylic acid groups (broad SMARTS) is 1. The van der Waals surface area contributed by atoms with E-state index >= 15 is 0 Å². The summed E-state index contributed by atoms with van der Waals surface area (Å²) in [7, 11) is 4.97. The Morgan fingerprint density at radius 3 is 2.33 bits per heavy atom. The summed E-state index contributed by atoms with van der Waals surface area (Å²) in [5, 5.41) is 12.1. The lowest BCUT2D eigenvalue weighted by Crippen LogP contribution is -2.56. The molecule has 0 radical (unpaired) electrons. The number of nitrogens with one attached hydrogen (secondary N) is 1. The fraction of sp³-hybridized carbons (Fsp3) is 0.917. The first-order valence-corrected chi connectivity index (χ1v) is 6.12. The molecule has 0 fully saturated rings. The van der Waals surface area contributed by atoms with E-state index in [4.69, 9.17) is 9.47 Å². The molecule has 6 nitrogen and oxygen atoms in total. The van der Waals surface area contributed by atoms with Crippen LogP contribution in [0.5, 0.6) is 0 Å². The number of nitrogens with zero attached hydrogens (tertiary/aromatic N) is 1. The van der Waals surface area contributed by atoms with E-state index in [1.807, 2.05) is 0 Å². The highest BCUT2D eigenvalue weighted by Gasteiger charge is 2.33. The number of carboxylic acids is 1. The highest BCUT2D eigenvalue weighted by atomic mass is 16.5. The Balaban J connectivity index is 4.39. The minimum atomic E-state index is -0.944. The lowest BCUT2D eigenvalue weighted by molar-refractivity contribution is -0.144. The smallest absolute Gasteiger partial charge is 0.324 e. The van der Waals surface area contributed by atoms with Gasteiger partial charge in [0.1, 0.15) is 5.54 Å². The summed E-state index contributed by atoms with van der Waals surface area (Å²) in [6.07, 6.45) is 0.875. The minimum absolute atomic E-state index is 0.436. The zero-order chi connectivity index (χ0) is 14.0. The predicted octanol–water partition coefficient (Wildman–Crippen LogP) is 0.0340. The molecule has 0 saturated carbocycles. The molecule has 2 N–H and O–H groups in total. The molecule has 0 aromatic rings. The van der Waals surface area contributed by atoms with Crippen LogP contribution in [0.4, 0.5) is 0 Å². The van der Waals surface area contributed by atoms with Gasteiger partial charge in [0.25, 0.3) is 0 Å². The molecular weight excluding hydrogens is 236 g/mol. The summed E-state index contributed by atoms with van der Waals surface area (Å²) in [6.45, 7) is 4.89. The van der Waals surface area contributed by atoms with Gasteiger partial charge in [0.2, 0.25) is 0 Å². The number of carbonyl (C=O) groups is 1. The molecule has 1 atom stereocenters. The predicted molar refractivity (Wildman–Crippen MR) is 69.9 cm³/mol. The Labute approximate surface area is 109 Å². The molecule has 0 aromatic carbocycles. The van der Waals surface area contributed by atoms with E-state index in [1.54, 1.807) is 28.2 Å². The van der Waals surface area contributed by atoms with Crippen LogP contribution < -0.4 is 5.32 Å². The van der Waals surface area contributed by atoms with E-state index in [1.165, 1.54) is 0 Å². The van der Waals surface area contributed by atoms with Crippen LogP contribution in [0.15, 0.2) is 0 Å². The normalized spacial score (nSPS) is 14.7. The maximum absolute atomic E-state index is 11.2. The number of rotatable bonds is 11. The van der Waals surface area contributed by atoms with E-state index < -0.39 is 11.5 Å². The maximum atomic E-state index is 11.2. The van der Waals surface area contributed by atoms with Crippen LogP contribution in [0.2, 0.25) is 0 Å². The molecule has 6 heteroatoms. The van der Waals surface area contributed by atoms with Crippen molar-refractivity contribution in [3.05, 3.63) is 0 Å². The van der Waals surface area contributed by atoms with Crippen molar-refractivity contribution in [3.8, 4) is 0 Å². The second-order valence-electron chi connectivity index (χ2n) is 4.50. The van der Waals surface area contributed by atoms with Crippen molar-refractivity contribution in [2.45, 2.75) is 18.9 Å². The van der Waals surface area contributed by atoms with Crippen molar-refractivity contribution in [2.24, 2.45) is 0 Å². The van der Waals surface area contributed by atoms with Gasteiger partial charge in [0.15, 0.2) is 0 Å². The maximum Gasteiger partial charge on any atom is 0.324 e. The van der Waals surface area contributed by atoms with E-state index in [2.05, 4.69) is 10.2 Å². The van der Waals surface area contributed by atoms with Gasteiger partial charge < -0.3 is 19.9 Å². The first-order chi connectivity index (χ1) is 8.50. The van der Waals surface area contributed by atoms with Gasteiger partial charge in [-0.05, 0) is 20.4 Å². The van der Waals surface area contributed by atoms with Crippen molar-refractivity contribution in [3.63, 3.8) is 0 Å². The molecule has 0 saturated heterocycles. The van der Waals surface area contributed by atoms with Crippen LogP contribution in [0.1, 0.15) is 13.3 Å². The zero-order valence-electron chi connectivity index (χ0n) is 11.9. The second kappa shape index (κ2) is 9.27. The van der Waals surface area contributed by atoms with E-state index in [9.17, 15) is 9.90 Å². The highest BCUT2D eigenvalue weighted by Crippen LogP contribution is 2.07. The summed E-state index contributed by atoms with van der Waals surface area (Å²) in [5.74, 6) is -0.848. The van der Waals surface area contributed by atoms with Crippen LogP contribution in [0.3, 0.4) is 0 Å². The fourth-order valence-electron chi connectivity index (χ4n) is 1.62. The Morgan fingerprint density at radius 1 is 1.28 bits per heavy atom. The molecule has 0 aliphatic heterocycles.